The Labute approximate surface area is 105 Å². The normalized spacial score (nSPS) is 12.6. The van der Waals surface area contributed by atoms with Gasteiger partial charge in [0.05, 0.1) is 12.2 Å². The number of aromatic nitrogens is 1. The van der Waals surface area contributed by atoms with Gasteiger partial charge in [0.2, 0.25) is 0 Å². The molecule has 0 bridgehead atoms. The van der Waals surface area contributed by atoms with E-state index in [-0.39, 0.29) is 11.9 Å². The van der Waals surface area contributed by atoms with Gasteiger partial charge in [0, 0.05) is 6.20 Å². The molecule has 0 aliphatic carbocycles. The summed E-state index contributed by atoms with van der Waals surface area (Å²) >= 11 is 1.65. The second kappa shape index (κ2) is 5.89. The Morgan fingerprint density at radius 3 is 2.94 bits per heavy atom. The molecule has 0 saturated carbocycles. The quantitative estimate of drug-likeness (QED) is 0.880. The molecule has 2 heterocycles. The van der Waals surface area contributed by atoms with Crippen LogP contribution < -0.4 is 5.32 Å². The fraction of sp³-hybridized carbons (Fsp3) is 0.308. The van der Waals surface area contributed by atoms with Crippen molar-refractivity contribution in [3.63, 3.8) is 0 Å². The predicted molar refractivity (Wildman–Crippen MR) is 68.7 cm³/mol. The third-order valence-electron chi connectivity index (χ3n) is 2.53. The van der Waals surface area contributed by atoms with E-state index in [0.717, 1.165) is 24.1 Å². The highest BCUT2D eigenvalue weighted by molar-refractivity contribution is 7.08. The van der Waals surface area contributed by atoms with Gasteiger partial charge in [0.15, 0.2) is 0 Å². The van der Waals surface area contributed by atoms with Gasteiger partial charge < -0.3 is 5.32 Å². The summed E-state index contributed by atoms with van der Waals surface area (Å²) in [4.78, 5) is 3.91. The van der Waals surface area contributed by atoms with Crippen LogP contribution >= 0.6 is 11.3 Å². The highest BCUT2D eigenvalue weighted by Gasteiger charge is 2.14. The molecule has 2 aromatic heterocycles. The number of halogens is 1. The van der Waals surface area contributed by atoms with Crippen molar-refractivity contribution >= 4 is 11.3 Å². The predicted octanol–water partition coefficient (Wildman–Crippen LogP) is 3.37. The summed E-state index contributed by atoms with van der Waals surface area (Å²) in [7, 11) is 0. The van der Waals surface area contributed by atoms with E-state index in [4.69, 9.17) is 0 Å². The minimum Gasteiger partial charge on any atom is -0.306 e. The summed E-state index contributed by atoms with van der Waals surface area (Å²) in [5.41, 5.74) is 2.03. The molecule has 0 aromatic carbocycles. The van der Waals surface area contributed by atoms with Crippen molar-refractivity contribution in [1.82, 2.24) is 10.3 Å². The van der Waals surface area contributed by atoms with E-state index in [1.165, 1.54) is 12.3 Å². The van der Waals surface area contributed by atoms with E-state index >= 15 is 0 Å². The third-order valence-corrected chi connectivity index (χ3v) is 3.24. The number of thiophene rings is 1. The van der Waals surface area contributed by atoms with Gasteiger partial charge in [-0.2, -0.15) is 11.3 Å². The molecule has 0 saturated heterocycles. The second-order valence-electron chi connectivity index (χ2n) is 3.88. The monoisotopic (exact) mass is 250 g/mol. The minimum atomic E-state index is -0.291. The molecule has 4 heteroatoms. The molecule has 1 N–H and O–H groups in total. The van der Waals surface area contributed by atoms with Crippen molar-refractivity contribution in [2.24, 2.45) is 0 Å². The molecule has 0 aliphatic rings. The lowest BCUT2D eigenvalue weighted by Crippen LogP contribution is -2.23. The number of hydrogen-bond acceptors (Lipinski definition) is 3. The number of nitrogens with zero attached hydrogens (tertiary/aromatic N) is 1. The first-order chi connectivity index (χ1) is 8.31. The average molecular weight is 250 g/mol. The summed E-state index contributed by atoms with van der Waals surface area (Å²) in [6, 6.07) is 3.63. The number of nitrogens with one attached hydrogen (secondary N) is 1. The van der Waals surface area contributed by atoms with Crippen LogP contribution in [0.3, 0.4) is 0 Å². The van der Waals surface area contributed by atoms with E-state index in [2.05, 4.69) is 28.7 Å². The number of hydrogen-bond donors (Lipinski definition) is 1. The Bertz CT molecular complexity index is 456. The molecule has 2 rings (SSSR count). The van der Waals surface area contributed by atoms with Gasteiger partial charge >= 0.3 is 0 Å². The van der Waals surface area contributed by atoms with Crippen LogP contribution in [0.5, 0.6) is 0 Å². The van der Waals surface area contributed by atoms with Crippen LogP contribution in [0.2, 0.25) is 0 Å². The zero-order chi connectivity index (χ0) is 12.1. The molecule has 17 heavy (non-hydrogen) atoms. The van der Waals surface area contributed by atoms with Gasteiger partial charge in [-0.3, -0.25) is 4.98 Å². The van der Waals surface area contributed by atoms with Gasteiger partial charge in [-0.25, -0.2) is 4.39 Å². The lowest BCUT2D eigenvalue weighted by Gasteiger charge is -2.17. The van der Waals surface area contributed by atoms with Crippen LogP contribution in [0, 0.1) is 5.82 Å². The Morgan fingerprint density at radius 1 is 1.41 bits per heavy atom. The molecular weight excluding hydrogens is 235 g/mol. The van der Waals surface area contributed by atoms with Crippen LogP contribution in [0.1, 0.15) is 30.5 Å². The van der Waals surface area contributed by atoms with Crippen LogP contribution in [0.4, 0.5) is 4.39 Å². The molecule has 90 valence electrons. The Kier molecular flexibility index (Phi) is 4.23. The standard InChI is InChI=1S/C13H15FN2S/c1-2-4-16-13(10-3-5-17-9-10)11-6-12(14)8-15-7-11/h3,5-9,13,16H,2,4H2,1H3. The van der Waals surface area contributed by atoms with Crippen LogP contribution in [0.25, 0.3) is 0 Å². The molecule has 0 aliphatic heterocycles. The molecule has 0 fully saturated rings. The first-order valence-electron chi connectivity index (χ1n) is 5.67. The van der Waals surface area contributed by atoms with Gasteiger partial charge in [0.25, 0.3) is 0 Å². The van der Waals surface area contributed by atoms with Crippen LogP contribution in [-0.2, 0) is 0 Å². The van der Waals surface area contributed by atoms with Crippen molar-refractivity contribution < 1.29 is 4.39 Å². The maximum atomic E-state index is 13.2. The smallest absolute Gasteiger partial charge is 0.141 e. The molecule has 1 atom stereocenters. The summed E-state index contributed by atoms with van der Waals surface area (Å²) in [6.07, 6.45) is 3.99. The summed E-state index contributed by atoms with van der Waals surface area (Å²) in [5.74, 6) is -0.291. The maximum Gasteiger partial charge on any atom is 0.141 e. The fourth-order valence-electron chi connectivity index (χ4n) is 1.74. The van der Waals surface area contributed by atoms with Crippen LogP contribution in [-0.4, -0.2) is 11.5 Å². The maximum absolute atomic E-state index is 13.2. The van der Waals surface area contributed by atoms with Crippen molar-refractivity contribution in [1.29, 1.82) is 0 Å². The van der Waals surface area contributed by atoms with Crippen LogP contribution in [0.15, 0.2) is 35.3 Å². The van der Waals surface area contributed by atoms with Crippen molar-refractivity contribution in [3.8, 4) is 0 Å². The van der Waals surface area contributed by atoms with E-state index in [9.17, 15) is 4.39 Å². The van der Waals surface area contributed by atoms with Crippen molar-refractivity contribution in [3.05, 3.63) is 52.2 Å². The number of pyridine rings is 1. The SMILES string of the molecule is CCCNC(c1ccsc1)c1cncc(F)c1. The van der Waals surface area contributed by atoms with Crippen molar-refractivity contribution in [2.75, 3.05) is 6.54 Å². The molecule has 0 spiro atoms. The molecule has 2 aromatic rings. The average Bonchev–Trinajstić information content (AvgIpc) is 2.83. The zero-order valence-corrected chi connectivity index (χ0v) is 10.5. The van der Waals surface area contributed by atoms with Gasteiger partial charge in [-0.05, 0) is 47.0 Å². The first kappa shape index (κ1) is 12.2. The Balaban J connectivity index is 2.27. The molecule has 0 amide bonds. The summed E-state index contributed by atoms with van der Waals surface area (Å²) in [5, 5.41) is 7.53. The first-order valence-corrected chi connectivity index (χ1v) is 6.61. The Hall–Kier alpha value is -1.26. The highest BCUT2D eigenvalue weighted by Crippen LogP contribution is 2.23. The lowest BCUT2D eigenvalue weighted by molar-refractivity contribution is 0.581. The zero-order valence-electron chi connectivity index (χ0n) is 9.69. The van der Waals surface area contributed by atoms with E-state index in [0.29, 0.717) is 0 Å². The largest absolute Gasteiger partial charge is 0.306 e. The highest BCUT2D eigenvalue weighted by atomic mass is 32.1. The molecule has 0 radical (unpaired) electrons. The van der Waals surface area contributed by atoms with E-state index in [1.807, 2.05) is 5.38 Å². The molecule has 2 nitrogen and oxygen atoms in total. The Morgan fingerprint density at radius 2 is 2.29 bits per heavy atom. The molecule has 1 unspecified atom stereocenters. The topological polar surface area (TPSA) is 24.9 Å². The van der Waals surface area contributed by atoms with Gasteiger partial charge in [-0.15, -0.1) is 0 Å². The second-order valence-corrected chi connectivity index (χ2v) is 4.66. The van der Waals surface area contributed by atoms with Gasteiger partial charge in [0.1, 0.15) is 5.82 Å². The van der Waals surface area contributed by atoms with Gasteiger partial charge in [-0.1, -0.05) is 6.92 Å². The van der Waals surface area contributed by atoms with Crippen molar-refractivity contribution in [2.45, 2.75) is 19.4 Å². The summed E-state index contributed by atoms with van der Waals surface area (Å²) < 4.78 is 13.2. The number of rotatable bonds is 5. The van der Waals surface area contributed by atoms with E-state index in [1.54, 1.807) is 17.5 Å². The fourth-order valence-corrected chi connectivity index (χ4v) is 2.43. The minimum absolute atomic E-state index is 0.0319. The summed E-state index contributed by atoms with van der Waals surface area (Å²) in [6.45, 7) is 3.01. The van der Waals surface area contributed by atoms with E-state index < -0.39 is 0 Å². The lowest BCUT2D eigenvalue weighted by atomic mass is 10.0. The molecular formula is C13H15FN2S. The third kappa shape index (κ3) is 3.11.